The molecule has 0 radical (unpaired) electrons. The quantitative estimate of drug-likeness (QED) is 0.463. The molecule has 0 saturated heterocycles. The Morgan fingerprint density at radius 1 is 1.09 bits per heavy atom. The fourth-order valence-electron chi connectivity index (χ4n) is 3.08. The molecule has 0 aliphatic heterocycles. The summed E-state index contributed by atoms with van der Waals surface area (Å²) < 4.78 is 47.0. The van der Waals surface area contributed by atoms with Crippen LogP contribution in [0.2, 0.25) is 0 Å². The molecule has 0 unspecified atom stereocenters. The van der Waals surface area contributed by atoms with E-state index in [1.165, 1.54) is 35.1 Å². The molecular weight excluding hydrogens is 423 g/mol. The molecule has 1 N–H and O–H groups in total. The Morgan fingerprint density at radius 2 is 1.84 bits per heavy atom. The Morgan fingerprint density at radius 3 is 2.62 bits per heavy atom. The highest BCUT2D eigenvalue weighted by Gasteiger charge is 2.15. The second-order valence-electron chi connectivity index (χ2n) is 7.14. The van der Waals surface area contributed by atoms with Gasteiger partial charge < -0.3 is 9.84 Å². The molecule has 7 nitrogen and oxygen atoms in total. The van der Waals surface area contributed by atoms with E-state index in [0.717, 1.165) is 18.2 Å². The maximum atomic E-state index is 14.0. The number of aromatic nitrogens is 4. The van der Waals surface area contributed by atoms with Crippen LogP contribution in [-0.2, 0) is 17.8 Å². The molecule has 4 rings (SSSR count). The zero-order valence-corrected chi connectivity index (χ0v) is 17.0. The number of carbonyl (C=O) groups excluding carboxylic acids is 1. The average molecular weight is 441 g/mol. The van der Waals surface area contributed by atoms with Gasteiger partial charge in [0.15, 0.2) is 0 Å². The minimum Gasteiger partial charge on any atom is -0.339 e. The molecule has 4 aromatic rings. The number of hydrogen-bond donors (Lipinski definition) is 1. The first-order valence-corrected chi connectivity index (χ1v) is 9.74. The number of aryl methyl sites for hydroxylation is 2. The number of halogens is 3. The lowest BCUT2D eigenvalue weighted by atomic mass is 10.2. The molecule has 2 aromatic carbocycles. The molecule has 2 aromatic heterocycles. The van der Waals surface area contributed by atoms with Gasteiger partial charge in [0.1, 0.15) is 23.3 Å². The van der Waals surface area contributed by atoms with E-state index in [4.69, 9.17) is 4.52 Å². The summed E-state index contributed by atoms with van der Waals surface area (Å²) in [5, 5.41) is 10.7. The van der Waals surface area contributed by atoms with Crippen molar-refractivity contribution >= 4 is 11.7 Å². The van der Waals surface area contributed by atoms with Crippen molar-refractivity contribution in [1.82, 2.24) is 19.9 Å². The van der Waals surface area contributed by atoms with Gasteiger partial charge in [0.2, 0.25) is 17.6 Å². The van der Waals surface area contributed by atoms with E-state index in [0.29, 0.717) is 22.8 Å². The lowest BCUT2D eigenvalue weighted by Gasteiger charge is -2.11. The number of carbonyl (C=O) groups is 1. The number of nitrogens with one attached hydrogen (secondary N) is 1. The van der Waals surface area contributed by atoms with Crippen LogP contribution in [0, 0.1) is 24.4 Å². The van der Waals surface area contributed by atoms with E-state index >= 15 is 0 Å². The summed E-state index contributed by atoms with van der Waals surface area (Å²) in [5.41, 5.74) is 1.38. The lowest BCUT2D eigenvalue weighted by Crippen LogP contribution is -2.17. The highest BCUT2D eigenvalue weighted by molar-refractivity contribution is 5.90. The zero-order valence-electron chi connectivity index (χ0n) is 17.0. The first-order chi connectivity index (χ1) is 15.4. The Bertz CT molecular complexity index is 1250. The summed E-state index contributed by atoms with van der Waals surface area (Å²) in [6.07, 6.45) is 1.76. The van der Waals surface area contributed by atoms with Gasteiger partial charge in [-0.3, -0.25) is 4.79 Å². The van der Waals surface area contributed by atoms with Crippen LogP contribution in [0.5, 0.6) is 0 Å². The smallest absolute Gasteiger partial charge is 0.227 e. The van der Waals surface area contributed by atoms with Crippen molar-refractivity contribution in [3.63, 3.8) is 0 Å². The normalized spacial score (nSPS) is 11.0. The van der Waals surface area contributed by atoms with Gasteiger partial charge in [-0.15, -0.1) is 0 Å². The van der Waals surface area contributed by atoms with Crippen LogP contribution < -0.4 is 5.32 Å². The monoisotopic (exact) mass is 441 g/mol. The predicted molar refractivity (Wildman–Crippen MR) is 109 cm³/mol. The highest BCUT2D eigenvalue weighted by Crippen LogP contribution is 2.19. The van der Waals surface area contributed by atoms with E-state index in [2.05, 4.69) is 20.6 Å². The number of amides is 1. The fourth-order valence-corrected chi connectivity index (χ4v) is 3.08. The molecule has 0 saturated carbocycles. The van der Waals surface area contributed by atoms with Gasteiger partial charge in [0.25, 0.3) is 0 Å². The molecule has 0 aliphatic carbocycles. The van der Waals surface area contributed by atoms with Gasteiger partial charge in [-0.05, 0) is 49.4 Å². The van der Waals surface area contributed by atoms with E-state index in [1.807, 2.05) is 0 Å². The van der Waals surface area contributed by atoms with Crippen molar-refractivity contribution in [2.75, 3.05) is 5.32 Å². The van der Waals surface area contributed by atoms with Crippen molar-refractivity contribution in [3.8, 4) is 11.4 Å². The molecule has 0 aliphatic rings. The third kappa shape index (κ3) is 4.85. The van der Waals surface area contributed by atoms with Gasteiger partial charge >= 0.3 is 0 Å². The van der Waals surface area contributed by atoms with E-state index in [-0.39, 0.29) is 42.6 Å². The van der Waals surface area contributed by atoms with E-state index < -0.39 is 11.6 Å². The van der Waals surface area contributed by atoms with Crippen LogP contribution in [0.1, 0.15) is 23.4 Å². The SMILES string of the molecule is Cc1cnn(Cc2cc(F)ccc2F)c1NC(=O)CCc1nc(-c2ccc(F)cc2)no1. The molecule has 0 atom stereocenters. The summed E-state index contributed by atoms with van der Waals surface area (Å²) in [5.74, 6) is -0.894. The largest absolute Gasteiger partial charge is 0.339 e. The standard InChI is InChI=1S/C22H18F3N5O2/c1-13-11-26-30(12-15-10-17(24)6-7-18(15)25)22(13)27-19(31)8-9-20-28-21(29-32-20)14-2-4-16(23)5-3-14/h2-7,10-11H,8-9,12H2,1H3,(H,27,31). The van der Waals surface area contributed by atoms with Crippen molar-refractivity contribution in [2.24, 2.45) is 0 Å². The fraction of sp³-hybridized carbons (Fsp3) is 0.182. The maximum Gasteiger partial charge on any atom is 0.227 e. The molecule has 164 valence electrons. The molecule has 2 heterocycles. The molecule has 0 fully saturated rings. The van der Waals surface area contributed by atoms with Crippen LogP contribution in [-0.4, -0.2) is 25.8 Å². The van der Waals surface area contributed by atoms with Crippen LogP contribution in [0.25, 0.3) is 11.4 Å². The van der Waals surface area contributed by atoms with Crippen LogP contribution in [0.4, 0.5) is 19.0 Å². The number of benzene rings is 2. The Kier molecular flexibility index (Phi) is 6.02. The zero-order chi connectivity index (χ0) is 22.7. The lowest BCUT2D eigenvalue weighted by molar-refractivity contribution is -0.116. The van der Waals surface area contributed by atoms with Crippen LogP contribution in [0.3, 0.4) is 0 Å². The van der Waals surface area contributed by atoms with E-state index in [1.54, 1.807) is 6.92 Å². The second kappa shape index (κ2) is 9.04. The summed E-state index contributed by atoms with van der Waals surface area (Å²) in [7, 11) is 0. The highest BCUT2D eigenvalue weighted by atomic mass is 19.1. The van der Waals surface area contributed by atoms with Crippen molar-refractivity contribution < 1.29 is 22.5 Å². The van der Waals surface area contributed by atoms with Gasteiger partial charge in [-0.1, -0.05) is 5.16 Å². The van der Waals surface area contributed by atoms with Gasteiger partial charge in [0, 0.05) is 29.5 Å². The van der Waals surface area contributed by atoms with Crippen molar-refractivity contribution in [3.05, 3.63) is 83.1 Å². The Balaban J connectivity index is 1.39. The first kappa shape index (κ1) is 21.3. The first-order valence-electron chi connectivity index (χ1n) is 9.74. The summed E-state index contributed by atoms with van der Waals surface area (Å²) in [4.78, 5) is 16.7. The molecular formula is C22H18F3N5O2. The predicted octanol–water partition coefficient (Wildman–Crippen LogP) is 4.28. The number of rotatable bonds is 7. The topological polar surface area (TPSA) is 85.8 Å². The summed E-state index contributed by atoms with van der Waals surface area (Å²) in [6, 6.07) is 8.81. The molecule has 0 spiro atoms. The summed E-state index contributed by atoms with van der Waals surface area (Å²) >= 11 is 0. The third-order valence-corrected chi connectivity index (χ3v) is 4.74. The van der Waals surface area contributed by atoms with Crippen LogP contribution >= 0.6 is 0 Å². The van der Waals surface area contributed by atoms with Gasteiger partial charge in [0.05, 0.1) is 12.7 Å². The molecule has 0 bridgehead atoms. The van der Waals surface area contributed by atoms with Gasteiger partial charge in [-0.2, -0.15) is 10.1 Å². The minimum absolute atomic E-state index is 0.0439. The number of nitrogens with zero attached hydrogens (tertiary/aromatic N) is 4. The van der Waals surface area contributed by atoms with E-state index in [9.17, 15) is 18.0 Å². The van der Waals surface area contributed by atoms with Crippen LogP contribution in [0.15, 0.2) is 53.2 Å². The maximum absolute atomic E-state index is 14.0. The summed E-state index contributed by atoms with van der Waals surface area (Å²) in [6.45, 7) is 1.70. The average Bonchev–Trinajstić information content (AvgIpc) is 3.38. The van der Waals surface area contributed by atoms with Crippen molar-refractivity contribution in [2.45, 2.75) is 26.3 Å². The second-order valence-corrected chi connectivity index (χ2v) is 7.14. The molecule has 1 amide bonds. The third-order valence-electron chi connectivity index (χ3n) is 4.74. The number of anilines is 1. The Hall–Kier alpha value is -3.95. The van der Waals surface area contributed by atoms with Crippen molar-refractivity contribution in [1.29, 1.82) is 0 Å². The molecule has 32 heavy (non-hydrogen) atoms. The number of hydrogen-bond acceptors (Lipinski definition) is 5. The van der Waals surface area contributed by atoms with Gasteiger partial charge in [-0.25, -0.2) is 17.9 Å². The minimum atomic E-state index is -0.565. The Labute approximate surface area is 180 Å². The molecule has 10 heteroatoms.